The van der Waals surface area contributed by atoms with Crippen LogP contribution in [0.4, 0.5) is 0 Å². The lowest BCUT2D eigenvalue weighted by atomic mass is 9.37. The van der Waals surface area contributed by atoms with Gasteiger partial charge in [-0.05, 0) is 115 Å². The first kappa shape index (κ1) is 29.4. The van der Waals surface area contributed by atoms with Crippen LogP contribution in [0.2, 0.25) is 0 Å². The summed E-state index contributed by atoms with van der Waals surface area (Å²) in [5.74, 6) is 0.821. The number of fused-ring (bicyclic) bond motifs is 3. The molecule has 3 aliphatic carbocycles. The summed E-state index contributed by atoms with van der Waals surface area (Å²) < 4.78 is 0. The zero-order chi connectivity index (χ0) is 29.4. The van der Waals surface area contributed by atoms with E-state index in [0.717, 1.165) is 31.3 Å². The largest absolute Gasteiger partial charge is 0.0995 e. The molecule has 0 N–H and O–H groups in total. The normalized spacial score (nSPS) is 32.1. The van der Waals surface area contributed by atoms with Crippen molar-refractivity contribution < 1.29 is 0 Å². The van der Waals surface area contributed by atoms with Crippen molar-refractivity contribution in [2.75, 3.05) is 0 Å². The third-order valence-electron chi connectivity index (χ3n) is 12.2. The first-order valence-corrected chi connectivity index (χ1v) is 14.9. The average Bonchev–Trinajstić information content (AvgIpc) is 2.85. The Kier molecular flexibility index (Phi) is 7.16. The number of rotatable bonds is 6. The Bertz CT molecular complexity index is 1400. The van der Waals surface area contributed by atoms with Crippen molar-refractivity contribution in [2.45, 2.75) is 101 Å². The summed E-state index contributed by atoms with van der Waals surface area (Å²) in [6, 6.07) is 4.76. The maximum Gasteiger partial charge on any atom is 0.0162 e. The van der Waals surface area contributed by atoms with E-state index in [0.29, 0.717) is 11.8 Å². The summed E-state index contributed by atoms with van der Waals surface area (Å²) in [7, 11) is 0. The van der Waals surface area contributed by atoms with E-state index in [1.54, 1.807) is 0 Å². The molecular weight excluding hydrogens is 468 g/mol. The van der Waals surface area contributed by atoms with Crippen molar-refractivity contribution in [1.82, 2.24) is 0 Å². The lowest BCUT2D eigenvalue weighted by Gasteiger charge is -2.67. The molecule has 0 saturated heterocycles. The van der Waals surface area contributed by atoms with Crippen molar-refractivity contribution in [3.05, 3.63) is 112 Å². The molecule has 39 heavy (non-hydrogen) atoms. The quantitative estimate of drug-likeness (QED) is 0.327. The minimum Gasteiger partial charge on any atom is -0.0995 e. The second-order valence-electron chi connectivity index (χ2n) is 13.8. The topological polar surface area (TPSA) is 0 Å². The molecule has 0 aliphatic heterocycles. The molecule has 0 amide bonds. The monoisotopic (exact) mass is 520 g/mol. The minimum absolute atomic E-state index is 0.0138. The summed E-state index contributed by atoms with van der Waals surface area (Å²) in [4.78, 5) is 0. The zero-order valence-electron chi connectivity index (χ0n) is 26.7. The third-order valence-corrected chi connectivity index (χ3v) is 12.2. The van der Waals surface area contributed by atoms with E-state index in [1.165, 1.54) is 66.8 Å². The van der Waals surface area contributed by atoms with Gasteiger partial charge in [0.05, 0.1) is 0 Å². The second-order valence-corrected chi connectivity index (χ2v) is 13.8. The van der Waals surface area contributed by atoms with Crippen molar-refractivity contribution >= 4 is 5.57 Å². The molecule has 1 aromatic carbocycles. The Hall–Kier alpha value is -2.60. The van der Waals surface area contributed by atoms with Gasteiger partial charge in [-0.3, -0.25) is 0 Å². The van der Waals surface area contributed by atoms with Gasteiger partial charge in [-0.1, -0.05) is 114 Å². The molecule has 0 saturated carbocycles. The number of allylic oxidation sites excluding steroid dienone is 9. The van der Waals surface area contributed by atoms with Crippen molar-refractivity contribution in [3.63, 3.8) is 0 Å². The standard InChI is InChI=1S/C39H52/c1-16-23(4)19-24(5)20-32-17-18-33-28(9)38(14)31(12)37(13)21-25(6)34(22(2)3)29(10)39(37,15)30(11)36(38)27(8)35(33)26(32)7/h17-18,28,31H,2,4-6,8,16,19-21H2,1,3,7,9-15H3/t28-,31+,37+,38-,39-/m1/s1. The van der Waals surface area contributed by atoms with Gasteiger partial charge in [-0.15, -0.1) is 0 Å². The van der Waals surface area contributed by atoms with E-state index in [2.05, 4.69) is 108 Å². The maximum absolute atomic E-state index is 4.89. The first-order valence-electron chi connectivity index (χ1n) is 14.9. The molecule has 0 bridgehead atoms. The summed E-state index contributed by atoms with van der Waals surface area (Å²) in [6.45, 7) is 46.4. The lowest BCUT2D eigenvalue weighted by Crippen LogP contribution is -2.58. The van der Waals surface area contributed by atoms with Crippen molar-refractivity contribution in [3.8, 4) is 0 Å². The number of hydrogen-bond donors (Lipinski definition) is 0. The fourth-order valence-electron chi connectivity index (χ4n) is 9.23. The van der Waals surface area contributed by atoms with E-state index in [4.69, 9.17) is 6.58 Å². The van der Waals surface area contributed by atoms with Crippen LogP contribution in [0.1, 0.15) is 110 Å². The molecule has 0 heterocycles. The van der Waals surface area contributed by atoms with Crippen molar-refractivity contribution in [2.24, 2.45) is 22.2 Å². The Morgan fingerprint density at radius 1 is 0.949 bits per heavy atom. The van der Waals surface area contributed by atoms with Crippen LogP contribution in [0.15, 0.2) is 89.6 Å². The summed E-state index contributed by atoms with van der Waals surface area (Å²) in [5.41, 5.74) is 17.3. The molecule has 1 aromatic rings. The molecule has 0 unspecified atom stereocenters. The molecule has 3 aliphatic rings. The van der Waals surface area contributed by atoms with Gasteiger partial charge in [-0.2, -0.15) is 0 Å². The van der Waals surface area contributed by atoms with E-state index < -0.39 is 0 Å². The molecule has 5 atom stereocenters. The van der Waals surface area contributed by atoms with E-state index in [9.17, 15) is 0 Å². The van der Waals surface area contributed by atoms with Gasteiger partial charge in [0, 0.05) is 10.8 Å². The third kappa shape index (κ3) is 3.77. The van der Waals surface area contributed by atoms with Crippen LogP contribution < -0.4 is 0 Å². The van der Waals surface area contributed by atoms with Crippen LogP contribution in [0.3, 0.4) is 0 Å². The maximum atomic E-state index is 4.89. The fraction of sp³-hybridized carbons (Fsp3) is 0.487. The van der Waals surface area contributed by atoms with Crippen LogP contribution in [-0.2, 0) is 6.42 Å². The number of hydrogen-bond acceptors (Lipinski definition) is 0. The van der Waals surface area contributed by atoms with E-state index in [-0.39, 0.29) is 16.2 Å². The molecule has 0 aromatic heterocycles. The van der Waals surface area contributed by atoms with Gasteiger partial charge in [0.1, 0.15) is 0 Å². The highest BCUT2D eigenvalue weighted by atomic mass is 14.7. The van der Waals surface area contributed by atoms with Crippen LogP contribution >= 0.6 is 0 Å². The first-order chi connectivity index (χ1) is 18.0. The summed E-state index contributed by atoms with van der Waals surface area (Å²) in [6.07, 6.45) is 3.81. The zero-order valence-corrected chi connectivity index (χ0v) is 26.7. The van der Waals surface area contributed by atoms with Gasteiger partial charge >= 0.3 is 0 Å². The van der Waals surface area contributed by atoms with Gasteiger partial charge in [0.2, 0.25) is 0 Å². The fourth-order valence-corrected chi connectivity index (χ4v) is 9.23. The minimum atomic E-state index is -0.0861. The highest BCUT2D eigenvalue weighted by molar-refractivity contribution is 5.87. The summed E-state index contributed by atoms with van der Waals surface area (Å²) in [5, 5.41) is 0. The molecule has 0 nitrogen and oxygen atoms in total. The highest BCUT2D eigenvalue weighted by Crippen LogP contribution is 2.74. The Labute approximate surface area is 240 Å². The summed E-state index contributed by atoms with van der Waals surface area (Å²) >= 11 is 0. The number of benzene rings is 1. The van der Waals surface area contributed by atoms with Gasteiger partial charge in [0.25, 0.3) is 0 Å². The van der Waals surface area contributed by atoms with Crippen LogP contribution in [0.5, 0.6) is 0 Å². The molecule has 0 fully saturated rings. The van der Waals surface area contributed by atoms with Crippen LogP contribution in [0, 0.1) is 29.1 Å². The molecule has 4 rings (SSSR count). The smallest absolute Gasteiger partial charge is 0.0162 e. The predicted molar refractivity (Wildman–Crippen MR) is 173 cm³/mol. The molecule has 208 valence electrons. The molecule has 0 spiro atoms. The van der Waals surface area contributed by atoms with Crippen LogP contribution in [-0.4, -0.2) is 0 Å². The predicted octanol–water partition coefficient (Wildman–Crippen LogP) is 11.4. The van der Waals surface area contributed by atoms with E-state index >= 15 is 0 Å². The lowest BCUT2D eigenvalue weighted by molar-refractivity contribution is -0.0270. The Morgan fingerprint density at radius 2 is 1.56 bits per heavy atom. The molecule has 0 radical (unpaired) electrons. The van der Waals surface area contributed by atoms with E-state index in [1.807, 2.05) is 0 Å². The SMILES string of the molecule is C=C(CC)CC(=C)Cc1ccc2c(c1C)C(=C)C1=C(C)[C@@]3(C)C(C)=C(C(=C)C)C(=C)C[C@@]3(C)[C@H](C)[C@@]1(C)[C@@H]2C. The second kappa shape index (κ2) is 9.50. The average molecular weight is 521 g/mol. The van der Waals surface area contributed by atoms with Crippen molar-refractivity contribution in [1.29, 1.82) is 0 Å². The van der Waals surface area contributed by atoms with Gasteiger partial charge in [-0.25, -0.2) is 0 Å². The highest BCUT2D eigenvalue weighted by Gasteiger charge is 2.64. The van der Waals surface area contributed by atoms with Gasteiger partial charge < -0.3 is 0 Å². The molecular formula is C39H52. The Morgan fingerprint density at radius 3 is 2.13 bits per heavy atom. The van der Waals surface area contributed by atoms with Gasteiger partial charge in [0.15, 0.2) is 0 Å². The molecule has 0 heteroatoms. The Balaban J connectivity index is 1.97. The van der Waals surface area contributed by atoms with Crippen LogP contribution in [0.25, 0.3) is 5.57 Å².